The summed E-state index contributed by atoms with van der Waals surface area (Å²) in [6.45, 7) is 20.9. The Morgan fingerprint density at radius 1 is 0.750 bits per heavy atom. The molecule has 0 aromatic heterocycles. The van der Waals surface area contributed by atoms with Gasteiger partial charge in [-0.05, 0) is 41.1 Å². The quantitative estimate of drug-likeness (QED) is 0.469. The van der Waals surface area contributed by atoms with Crippen LogP contribution in [0, 0.1) is 5.92 Å². The van der Waals surface area contributed by atoms with Crippen LogP contribution in [-0.4, -0.2) is 25.7 Å². The van der Waals surface area contributed by atoms with E-state index in [0.717, 1.165) is 18.0 Å². The van der Waals surface area contributed by atoms with Crippen LogP contribution in [0.25, 0.3) is 0 Å². The normalized spacial score (nSPS) is 43.0. The fourth-order valence-corrected chi connectivity index (χ4v) is 26.0. The van der Waals surface area contributed by atoms with Crippen LogP contribution < -0.4 is 0 Å². The molecule has 142 valence electrons. The average molecular weight is 389 g/mol. The average Bonchev–Trinajstić information content (AvgIpc) is 3.33. The predicted molar refractivity (Wildman–Crippen MR) is 109 cm³/mol. The van der Waals surface area contributed by atoms with E-state index in [1.54, 1.807) is 0 Å². The van der Waals surface area contributed by atoms with Crippen molar-refractivity contribution >= 4 is 25.7 Å². The molecule has 0 aromatic rings. The fourth-order valence-electron chi connectivity index (χ4n) is 4.48. The van der Waals surface area contributed by atoms with E-state index in [-0.39, 0.29) is 0 Å². The molecule has 6 heteroatoms. The minimum absolute atomic E-state index is 0.494. The summed E-state index contributed by atoms with van der Waals surface area (Å²) in [5.74, 6) is 0.823. The fraction of sp³-hybridized carbons (Fsp3) is 1.00. The third-order valence-corrected chi connectivity index (χ3v) is 23.4. The van der Waals surface area contributed by atoms with Gasteiger partial charge in [-0.1, -0.05) is 68.7 Å². The lowest BCUT2D eigenvalue weighted by Crippen LogP contribution is -2.73. The third kappa shape index (κ3) is 3.27. The first kappa shape index (κ1) is 20.8. The van der Waals surface area contributed by atoms with Gasteiger partial charge in [0.2, 0.25) is 0 Å². The summed E-state index contributed by atoms with van der Waals surface area (Å²) in [5.41, 5.74) is 2.19. The summed E-state index contributed by atoms with van der Waals surface area (Å²) < 4.78 is 21.3. The lowest BCUT2D eigenvalue weighted by Gasteiger charge is -2.57. The Kier molecular flexibility index (Phi) is 6.31. The highest BCUT2D eigenvalue weighted by molar-refractivity contribution is 6.96. The number of hydrogen-bond donors (Lipinski definition) is 0. The van der Waals surface area contributed by atoms with Gasteiger partial charge in [0.15, 0.2) is 0 Å². The summed E-state index contributed by atoms with van der Waals surface area (Å²) in [5, 5.41) is 0. The molecule has 0 bridgehead atoms. The largest absolute Gasteiger partial charge is 0.415 e. The van der Waals surface area contributed by atoms with E-state index in [4.69, 9.17) is 12.3 Å². The molecular formula is C18H40O3Si3. The molecule has 3 nitrogen and oxygen atoms in total. The summed E-state index contributed by atoms with van der Waals surface area (Å²) in [4.78, 5) is 0. The molecule has 2 fully saturated rings. The van der Waals surface area contributed by atoms with Gasteiger partial charge in [-0.2, -0.15) is 0 Å². The van der Waals surface area contributed by atoms with Crippen molar-refractivity contribution in [3.05, 3.63) is 0 Å². The van der Waals surface area contributed by atoms with E-state index in [2.05, 4.69) is 62.3 Å². The van der Waals surface area contributed by atoms with Crippen molar-refractivity contribution in [2.75, 3.05) is 0 Å². The number of rotatable bonds is 7. The third-order valence-electron chi connectivity index (χ3n) is 6.52. The molecule has 2 rings (SSSR count). The second-order valence-electron chi connectivity index (χ2n) is 8.83. The van der Waals surface area contributed by atoms with E-state index < -0.39 is 25.7 Å². The minimum Gasteiger partial charge on any atom is -0.415 e. The minimum atomic E-state index is -2.25. The van der Waals surface area contributed by atoms with Crippen LogP contribution in [0.3, 0.4) is 0 Å². The molecule has 2 aliphatic rings. The maximum absolute atomic E-state index is 7.17. The molecule has 1 aliphatic heterocycles. The molecule has 1 saturated heterocycles. The standard InChI is InChI=1S/C18H40O3Si3/c1-10-17-13-18(17)24(16(8)9)20-22(11-2,14(4)5)19-23(12-3,21-24)15(6)7/h14-18H,10-13H2,1-9H3. The van der Waals surface area contributed by atoms with Crippen LogP contribution in [-0.2, 0) is 12.3 Å². The maximum atomic E-state index is 7.17. The Morgan fingerprint density at radius 2 is 1.21 bits per heavy atom. The molecule has 0 aromatic carbocycles. The highest BCUT2D eigenvalue weighted by Crippen LogP contribution is 2.62. The van der Waals surface area contributed by atoms with Crippen LogP contribution in [0.5, 0.6) is 0 Å². The summed E-state index contributed by atoms with van der Waals surface area (Å²) in [7, 11) is -6.69. The molecular weight excluding hydrogens is 348 g/mol. The molecule has 24 heavy (non-hydrogen) atoms. The van der Waals surface area contributed by atoms with Gasteiger partial charge >= 0.3 is 25.7 Å². The number of hydrogen-bond acceptors (Lipinski definition) is 3. The maximum Gasteiger partial charge on any atom is 0.326 e. The van der Waals surface area contributed by atoms with E-state index in [1.165, 1.54) is 12.8 Å². The Bertz CT molecular complexity index is 419. The highest BCUT2D eigenvalue weighted by Gasteiger charge is 2.70. The van der Waals surface area contributed by atoms with Crippen molar-refractivity contribution in [2.45, 2.75) is 109 Å². The molecule has 0 radical (unpaired) electrons. The SMILES string of the molecule is CCC1CC1[Si]1(C(C)C)O[Si](CC)(C(C)C)O[Si](CC)(C(C)C)O1. The van der Waals surface area contributed by atoms with Gasteiger partial charge < -0.3 is 12.3 Å². The first-order valence-electron chi connectivity index (χ1n) is 10.2. The Morgan fingerprint density at radius 3 is 1.46 bits per heavy atom. The molecule has 4 atom stereocenters. The molecule has 1 aliphatic carbocycles. The predicted octanol–water partition coefficient (Wildman–Crippen LogP) is 6.45. The molecule has 1 heterocycles. The molecule has 0 spiro atoms. The van der Waals surface area contributed by atoms with Crippen molar-refractivity contribution in [3.8, 4) is 0 Å². The van der Waals surface area contributed by atoms with E-state index >= 15 is 0 Å². The van der Waals surface area contributed by atoms with Crippen LogP contribution >= 0.6 is 0 Å². The smallest absolute Gasteiger partial charge is 0.326 e. The van der Waals surface area contributed by atoms with E-state index in [1.807, 2.05) is 0 Å². The molecule has 0 amide bonds. The van der Waals surface area contributed by atoms with Crippen LogP contribution in [0.2, 0.25) is 34.3 Å². The van der Waals surface area contributed by atoms with Crippen LogP contribution in [0.1, 0.15) is 75.2 Å². The highest BCUT2D eigenvalue weighted by atomic mass is 28.5. The van der Waals surface area contributed by atoms with Gasteiger partial charge in [0, 0.05) is 5.54 Å². The summed E-state index contributed by atoms with van der Waals surface area (Å²) >= 11 is 0. The summed E-state index contributed by atoms with van der Waals surface area (Å²) in [6.07, 6.45) is 2.59. The Balaban J connectivity index is 2.53. The van der Waals surface area contributed by atoms with Crippen LogP contribution in [0.4, 0.5) is 0 Å². The van der Waals surface area contributed by atoms with E-state index in [9.17, 15) is 0 Å². The first-order valence-corrected chi connectivity index (χ1v) is 16.4. The van der Waals surface area contributed by atoms with E-state index in [0.29, 0.717) is 22.2 Å². The van der Waals surface area contributed by atoms with Crippen molar-refractivity contribution in [1.82, 2.24) is 0 Å². The molecule has 1 saturated carbocycles. The zero-order valence-corrected chi connectivity index (χ0v) is 20.4. The van der Waals surface area contributed by atoms with Crippen molar-refractivity contribution in [2.24, 2.45) is 5.92 Å². The second kappa shape index (κ2) is 7.27. The zero-order chi connectivity index (χ0) is 18.3. The first-order chi connectivity index (χ1) is 11.1. The summed E-state index contributed by atoms with van der Waals surface area (Å²) in [6, 6.07) is 2.11. The van der Waals surface area contributed by atoms with Gasteiger partial charge in [0.25, 0.3) is 0 Å². The Labute approximate surface area is 153 Å². The lowest BCUT2D eigenvalue weighted by atomic mass is 10.3. The Hall–Kier alpha value is 0.531. The van der Waals surface area contributed by atoms with Gasteiger partial charge in [-0.15, -0.1) is 0 Å². The van der Waals surface area contributed by atoms with Gasteiger partial charge in [-0.3, -0.25) is 0 Å². The van der Waals surface area contributed by atoms with Crippen molar-refractivity contribution in [1.29, 1.82) is 0 Å². The lowest BCUT2D eigenvalue weighted by molar-refractivity contribution is 0.189. The molecule has 4 unspecified atom stereocenters. The van der Waals surface area contributed by atoms with Gasteiger partial charge in [-0.25, -0.2) is 0 Å². The van der Waals surface area contributed by atoms with Gasteiger partial charge in [0.05, 0.1) is 0 Å². The van der Waals surface area contributed by atoms with Crippen molar-refractivity contribution < 1.29 is 12.3 Å². The molecule has 0 N–H and O–H groups in total. The van der Waals surface area contributed by atoms with Crippen LogP contribution in [0.15, 0.2) is 0 Å². The topological polar surface area (TPSA) is 27.7 Å². The zero-order valence-electron chi connectivity index (χ0n) is 17.4. The monoisotopic (exact) mass is 388 g/mol. The second-order valence-corrected chi connectivity index (χ2v) is 21.6. The van der Waals surface area contributed by atoms with Gasteiger partial charge in [0.1, 0.15) is 0 Å². The van der Waals surface area contributed by atoms with Crippen molar-refractivity contribution in [3.63, 3.8) is 0 Å².